The maximum Gasteiger partial charge on any atom is 0.257 e. The van der Waals surface area contributed by atoms with Crippen molar-refractivity contribution in [3.8, 4) is 6.07 Å². The monoisotopic (exact) mass is 510 g/mol. The molecule has 0 saturated carbocycles. The number of nitriles is 1. The molecule has 5 rings (SSSR count). The van der Waals surface area contributed by atoms with Crippen molar-refractivity contribution >= 4 is 17.5 Å². The number of fused-ring (bicyclic) bond motifs is 2. The Hall–Kier alpha value is -4.06. The minimum Gasteiger partial charge on any atom is -0.396 e. The van der Waals surface area contributed by atoms with Gasteiger partial charge < -0.3 is 20.1 Å². The number of ether oxygens (including phenoxy) is 1. The topological polar surface area (TPSA) is 116 Å². The number of benzene rings is 2. The van der Waals surface area contributed by atoms with E-state index in [2.05, 4.69) is 16.4 Å². The Labute approximate surface area is 221 Å². The van der Waals surface area contributed by atoms with Crippen LogP contribution in [0.2, 0.25) is 0 Å². The smallest absolute Gasteiger partial charge is 0.257 e. The van der Waals surface area contributed by atoms with Crippen LogP contribution >= 0.6 is 0 Å². The Morgan fingerprint density at radius 1 is 1.13 bits per heavy atom. The lowest BCUT2D eigenvalue weighted by Gasteiger charge is -2.39. The van der Waals surface area contributed by atoms with Crippen LogP contribution in [0.1, 0.15) is 67.9 Å². The molecule has 2 amide bonds. The molecule has 1 spiro atoms. The molecule has 38 heavy (non-hydrogen) atoms. The van der Waals surface area contributed by atoms with Gasteiger partial charge >= 0.3 is 0 Å². The van der Waals surface area contributed by atoms with Crippen LogP contribution in [0.3, 0.4) is 0 Å². The number of rotatable bonds is 6. The van der Waals surface area contributed by atoms with Crippen LogP contribution in [0.25, 0.3) is 0 Å². The fraction of sp³-hybridized carbons (Fsp3) is 0.333. The molecule has 1 saturated heterocycles. The number of nitrogens with one attached hydrogen (secondary N) is 1. The number of amides is 2. The summed E-state index contributed by atoms with van der Waals surface area (Å²) in [6, 6.07) is 16.8. The van der Waals surface area contributed by atoms with E-state index < -0.39 is 5.60 Å². The van der Waals surface area contributed by atoms with Gasteiger partial charge in [0.2, 0.25) is 0 Å². The summed E-state index contributed by atoms with van der Waals surface area (Å²) in [5, 5.41) is 21.1. The van der Waals surface area contributed by atoms with E-state index in [0.717, 1.165) is 22.4 Å². The van der Waals surface area contributed by atoms with Gasteiger partial charge in [-0.25, -0.2) is 0 Å². The van der Waals surface area contributed by atoms with Crippen LogP contribution in [0.5, 0.6) is 0 Å². The lowest BCUT2D eigenvalue weighted by molar-refractivity contribution is -0.0741. The van der Waals surface area contributed by atoms with E-state index in [9.17, 15) is 14.9 Å². The highest BCUT2D eigenvalue weighted by Gasteiger charge is 2.43. The summed E-state index contributed by atoms with van der Waals surface area (Å²) in [5.74, 6) is -0.376. The molecule has 0 aliphatic carbocycles. The Bertz CT molecular complexity index is 1400. The predicted molar refractivity (Wildman–Crippen MR) is 142 cm³/mol. The number of carbonyl (C=O) groups excluding carboxylic acids is 2. The van der Waals surface area contributed by atoms with Crippen LogP contribution in [0, 0.1) is 18.3 Å². The zero-order valence-electron chi connectivity index (χ0n) is 21.4. The molecule has 0 radical (unpaired) electrons. The third-order valence-electron chi connectivity index (χ3n) is 7.50. The van der Waals surface area contributed by atoms with Gasteiger partial charge in [0, 0.05) is 42.8 Å². The molecule has 0 bridgehead atoms. The van der Waals surface area contributed by atoms with Crippen molar-refractivity contribution in [3.05, 3.63) is 93.8 Å². The maximum absolute atomic E-state index is 13.4. The molecule has 3 aromatic rings. The van der Waals surface area contributed by atoms with Gasteiger partial charge in [-0.2, -0.15) is 5.26 Å². The fourth-order valence-electron chi connectivity index (χ4n) is 5.24. The number of hydrogen-bond acceptors (Lipinski definition) is 6. The number of aryl methyl sites for hydroxylation is 2. The van der Waals surface area contributed by atoms with Crippen molar-refractivity contribution in [3.63, 3.8) is 0 Å². The molecule has 3 heterocycles. The number of aliphatic hydroxyl groups is 1. The lowest BCUT2D eigenvalue weighted by Crippen LogP contribution is -2.45. The van der Waals surface area contributed by atoms with Gasteiger partial charge in [0.15, 0.2) is 0 Å². The number of nitrogens with zero attached hydrogens (tertiary/aromatic N) is 3. The summed E-state index contributed by atoms with van der Waals surface area (Å²) in [6.45, 7) is 3.59. The molecule has 8 heteroatoms. The first-order valence-electron chi connectivity index (χ1n) is 12.9. The van der Waals surface area contributed by atoms with Gasteiger partial charge in [0.25, 0.3) is 11.8 Å². The third-order valence-corrected chi connectivity index (χ3v) is 7.50. The number of likely N-dealkylation sites (tertiary alicyclic amines) is 1. The highest BCUT2D eigenvalue weighted by atomic mass is 16.5. The van der Waals surface area contributed by atoms with Crippen LogP contribution in [0.4, 0.5) is 5.69 Å². The molecule has 0 unspecified atom stereocenters. The SMILES string of the molecule is Cc1ccc(C(=O)N2CCC3(CC2)OCc2cc(C#N)ccc23)cc1NC(=O)c1ccc(CCCO)nc1. The second-order valence-electron chi connectivity index (χ2n) is 9.91. The summed E-state index contributed by atoms with van der Waals surface area (Å²) in [6.07, 6.45) is 4.18. The molecule has 2 N–H and O–H groups in total. The Morgan fingerprint density at radius 2 is 1.92 bits per heavy atom. The normalized spacial score (nSPS) is 15.7. The van der Waals surface area contributed by atoms with E-state index in [0.29, 0.717) is 67.8 Å². The Morgan fingerprint density at radius 3 is 2.63 bits per heavy atom. The molecule has 8 nitrogen and oxygen atoms in total. The zero-order chi connectivity index (χ0) is 26.7. The highest BCUT2D eigenvalue weighted by Crippen LogP contribution is 2.44. The average Bonchev–Trinajstić information content (AvgIpc) is 3.30. The minimum atomic E-state index is -0.409. The Balaban J connectivity index is 1.25. The first-order valence-corrected chi connectivity index (χ1v) is 12.9. The van der Waals surface area contributed by atoms with Crippen molar-refractivity contribution < 1.29 is 19.4 Å². The van der Waals surface area contributed by atoms with Crippen LogP contribution in [0.15, 0.2) is 54.7 Å². The molecule has 2 aliphatic heterocycles. The molecule has 2 aliphatic rings. The van der Waals surface area contributed by atoms with Crippen LogP contribution < -0.4 is 5.32 Å². The van der Waals surface area contributed by atoms with E-state index in [4.69, 9.17) is 9.84 Å². The highest BCUT2D eigenvalue weighted by molar-refractivity contribution is 6.05. The van der Waals surface area contributed by atoms with Gasteiger partial charge in [-0.05, 0) is 85.7 Å². The van der Waals surface area contributed by atoms with Gasteiger partial charge in [-0.15, -0.1) is 0 Å². The fourth-order valence-corrected chi connectivity index (χ4v) is 5.24. The lowest BCUT2D eigenvalue weighted by atomic mass is 9.83. The van der Waals surface area contributed by atoms with Crippen molar-refractivity contribution in [2.45, 2.75) is 44.8 Å². The van der Waals surface area contributed by atoms with Crippen molar-refractivity contribution in [1.82, 2.24) is 9.88 Å². The summed E-state index contributed by atoms with van der Waals surface area (Å²) in [4.78, 5) is 32.4. The average molecular weight is 511 g/mol. The van der Waals surface area contributed by atoms with Gasteiger partial charge in [0.1, 0.15) is 0 Å². The summed E-state index contributed by atoms with van der Waals surface area (Å²) in [7, 11) is 0. The van der Waals surface area contributed by atoms with Gasteiger partial charge in [-0.1, -0.05) is 12.1 Å². The molecule has 1 aromatic heterocycles. The zero-order valence-corrected chi connectivity index (χ0v) is 21.4. The molecular formula is C30H30N4O4. The van der Waals surface area contributed by atoms with Gasteiger partial charge in [0.05, 0.1) is 29.4 Å². The first kappa shape index (κ1) is 25.6. The second kappa shape index (κ2) is 10.7. The first-order chi connectivity index (χ1) is 18.4. The molecular weight excluding hydrogens is 480 g/mol. The van der Waals surface area contributed by atoms with Crippen molar-refractivity contribution in [1.29, 1.82) is 5.26 Å². The molecule has 194 valence electrons. The maximum atomic E-state index is 13.4. The molecule has 2 aromatic carbocycles. The number of aliphatic hydroxyl groups excluding tert-OH is 1. The molecule has 0 atom stereocenters. The number of pyridine rings is 1. The quantitative estimate of drug-likeness (QED) is 0.516. The van der Waals surface area contributed by atoms with Crippen molar-refractivity contribution in [2.75, 3.05) is 25.0 Å². The number of hydrogen-bond donors (Lipinski definition) is 2. The van der Waals surface area contributed by atoms with Gasteiger partial charge in [-0.3, -0.25) is 14.6 Å². The summed E-state index contributed by atoms with van der Waals surface area (Å²) in [5.41, 5.74) is 5.60. The van der Waals surface area contributed by atoms with Crippen LogP contribution in [-0.2, 0) is 23.4 Å². The summed E-state index contributed by atoms with van der Waals surface area (Å²) < 4.78 is 6.22. The predicted octanol–water partition coefficient (Wildman–Crippen LogP) is 4.10. The largest absolute Gasteiger partial charge is 0.396 e. The molecule has 1 fully saturated rings. The summed E-state index contributed by atoms with van der Waals surface area (Å²) >= 11 is 0. The minimum absolute atomic E-state index is 0.0803. The second-order valence-corrected chi connectivity index (χ2v) is 9.91. The number of piperidine rings is 1. The Kier molecular flexibility index (Phi) is 7.23. The van der Waals surface area contributed by atoms with E-state index >= 15 is 0 Å². The third kappa shape index (κ3) is 5.03. The van der Waals surface area contributed by atoms with E-state index in [-0.39, 0.29) is 18.4 Å². The number of aromatic nitrogens is 1. The van der Waals surface area contributed by atoms with E-state index in [1.807, 2.05) is 36.1 Å². The van der Waals surface area contributed by atoms with Crippen LogP contribution in [-0.4, -0.2) is 46.5 Å². The van der Waals surface area contributed by atoms with E-state index in [1.54, 1.807) is 24.3 Å². The van der Waals surface area contributed by atoms with E-state index in [1.165, 1.54) is 6.20 Å². The number of anilines is 1. The standard InChI is InChI=1S/C30H30N4O4/c1-20-4-6-22(16-27(20)33-28(36)23-7-8-25(32-18-23)3-2-14-35)29(37)34-12-10-30(11-13-34)26-9-5-21(17-31)15-24(26)19-38-30/h4-9,15-16,18,35H,2-3,10-14,19H2,1H3,(H,33,36). The van der Waals surface area contributed by atoms with Crippen molar-refractivity contribution in [2.24, 2.45) is 0 Å². The number of carbonyl (C=O) groups is 2.